The molecule has 0 unspecified atom stereocenters. The summed E-state index contributed by atoms with van der Waals surface area (Å²) >= 11 is 0. The molecule has 0 saturated carbocycles. The SMILES string of the molecule is COc1ccc(-n2nc(C)c(C(=O)NCC(C)C)c2C(C)C)cc1. The molecular weight excluding hydrogens is 302 g/mol. The third-order valence-corrected chi connectivity index (χ3v) is 3.86. The molecule has 0 atom stereocenters. The second kappa shape index (κ2) is 7.51. The largest absolute Gasteiger partial charge is 0.497 e. The van der Waals surface area contributed by atoms with E-state index in [-0.39, 0.29) is 11.8 Å². The zero-order chi connectivity index (χ0) is 17.9. The first-order chi connectivity index (χ1) is 11.3. The number of benzene rings is 1. The first-order valence-corrected chi connectivity index (χ1v) is 8.37. The summed E-state index contributed by atoms with van der Waals surface area (Å²) in [5.74, 6) is 1.33. The number of hydrogen-bond donors (Lipinski definition) is 1. The summed E-state index contributed by atoms with van der Waals surface area (Å²) in [5.41, 5.74) is 3.28. The molecule has 5 nitrogen and oxygen atoms in total. The lowest BCUT2D eigenvalue weighted by molar-refractivity contribution is 0.0947. The average molecular weight is 329 g/mol. The summed E-state index contributed by atoms with van der Waals surface area (Å²) in [5, 5.41) is 7.63. The van der Waals surface area contributed by atoms with Crippen molar-refractivity contribution in [1.82, 2.24) is 15.1 Å². The predicted molar refractivity (Wildman–Crippen MR) is 96.1 cm³/mol. The molecule has 24 heavy (non-hydrogen) atoms. The number of carbonyl (C=O) groups is 1. The Morgan fingerprint density at radius 1 is 1.21 bits per heavy atom. The Balaban J connectivity index is 2.46. The zero-order valence-corrected chi connectivity index (χ0v) is 15.4. The van der Waals surface area contributed by atoms with Crippen molar-refractivity contribution in [3.63, 3.8) is 0 Å². The Kier molecular flexibility index (Phi) is 5.65. The predicted octanol–water partition coefficient (Wildman–Crippen LogP) is 3.70. The quantitative estimate of drug-likeness (QED) is 0.879. The Morgan fingerprint density at radius 3 is 2.33 bits per heavy atom. The third-order valence-electron chi connectivity index (χ3n) is 3.86. The summed E-state index contributed by atoms with van der Waals surface area (Å²) in [6, 6.07) is 7.70. The van der Waals surface area contributed by atoms with Crippen molar-refractivity contribution in [3.05, 3.63) is 41.2 Å². The van der Waals surface area contributed by atoms with Crippen LogP contribution in [0.5, 0.6) is 5.75 Å². The standard InChI is InChI=1S/C19H27N3O2/c1-12(2)11-20-19(23)17-14(5)21-22(18(17)13(3)4)15-7-9-16(24-6)10-8-15/h7-10,12-13H,11H2,1-6H3,(H,20,23). The summed E-state index contributed by atoms with van der Waals surface area (Å²) in [6.45, 7) is 10.9. The van der Waals surface area contributed by atoms with Crippen molar-refractivity contribution in [2.45, 2.75) is 40.5 Å². The lowest BCUT2D eigenvalue weighted by Crippen LogP contribution is -2.28. The van der Waals surface area contributed by atoms with E-state index in [9.17, 15) is 4.79 Å². The molecule has 1 aromatic carbocycles. The van der Waals surface area contributed by atoms with Crippen LogP contribution in [-0.4, -0.2) is 29.3 Å². The highest BCUT2D eigenvalue weighted by molar-refractivity contribution is 5.96. The second-order valence-electron chi connectivity index (χ2n) is 6.71. The molecule has 130 valence electrons. The number of carbonyl (C=O) groups excluding carboxylic acids is 1. The Morgan fingerprint density at radius 2 is 1.83 bits per heavy atom. The third kappa shape index (κ3) is 3.78. The van der Waals surface area contributed by atoms with E-state index in [1.807, 2.05) is 35.9 Å². The van der Waals surface area contributed by atoms with Gasteiger partial charge in [0.1, 0.15) is 5.75 Å². The molecular formula is C19H27N3O2. The van der Waals surface area contributed by atoms with Crippen LogP contribution in [0.3, 0.4) is 0 Å². The van der Waals surface area contributed by atoms with E-state index >= 15 is 0 Å². The van der Waals surface area contributed by atoms with E-state index in [0.29, 0.717) is 18.0 Å². The Labute approximate surface area is 144 Å². The molecule has 1 heterocycles. The second-order valence-corrected chi connectivity index (χ2v) is 6.71. The van der Waals surface area contributed by atoms with Crippen LogP contribution < -0.4 is 10.1 Å². The van der Waals surface area contributed by atoms with Gasteiger partial charge in [0, 0.05) is 6.54 Å². The molecule has 0 saturated heterocycles. The van der Waals surface area contributed by atoms with Crippen LogP contribution in [0.25, 0.3) is 5.69 Å². The van der Waals surface area contributed by atoms with E-state index in [2.05, 4.69) is 38.1 Å². The number of rotatable bonds is 6. The van der Waals surface area contributed by atoms with Gasteiger partial charge in [-0.2, -0.15) is 5.10 Å². The van der Waals surface area contributed by atoms with Crippen LogP contribution in [-0.2, 0) is 0 Å². The monoisotopic (exact) mass is 329 g/mol. The average Bonchev–Trinajstić information content (AvgIpc) is 2.90. The summed E-state index contributed by atoms with van der Waals surface area (Å²) in [7, 11) is 1.64. The lowest BCUT2D eigenvalue weighted by Gasteiger charge is -2.14. The van der Waals surface area contributed by atoms with E-state index in [4.69, 9.17) is 4.74 Å². The van der Waals surface area contributed by atoms with E-state index in [0.717, 1.165) is 22.8 Å². The summed E-state index contributed by atoms with van der Waals surface area (Å²) in [4.78, 5) is 12.7. The first kappa shape index (κ1) is 18.0. The Bertz CT molecular complexity index is 700. The fourth-order valence-corrected chi connectivity index (χ4v) is 2.66. The van der Waals surface area contributed by atoms with Crippen molar-refractivity contribution in [2.75, 3.05) is 13.7 Å². The van der Waals surface area contributed by atoms with E-state index < -0.39 is 0 Å². The number of nitrogens with one attached hydrogen (secondary N) is 1. The molecule has 2 rings (SSSR count). The molecule has 0 radical (unpaired) electrons. The minimum atomic E-state index is -0.0512. The highest BCUT2D eigenvalue weighted by Gasteiger charge is 2.24. The van der Waals surface area contributed by atoms with Gasteiger partial charge in [-0.15, -0.1) is 0 Å². The lowest BCUT2D eigenvalue weighted by atomic mass is 10.0. The topological polar surface area (TPSA) is 56.2 Å². The fourth-order valence-electron chi connectivity index (χ4n) is 2.66. The van der Waals surface area contributed by atoms with Gasteiger partial charge in [-0.1, -0.05) is 27.7 Å². The highest BCUT2D eigenvalue weighted by atomic mass is 16.5. The van der Waals surface area contributed by atoms with Gasteiger partial charge in [-0.3, -0.25) is 4.79 Å². The molecule has 1 aromatic heterocycles. The molecule has 0 aliphatic carbocycles. The van der Waals surface area contributed by atoms with Crippen molar-refractivity contribution >= 4 is 5.91 Å². The van der Waals surface area contributed by atoms with Crippen LogP contribution in [0, 0.1) is 12.8 Å². The summed E-state index contributed by atoms with van der Waals surface area (Å²) in [6.07, 6.45) is 0. The molecule has 0 fully saturated rings. The van der Waals surface area contributed by atoms with Crippen LogP contribution in [0.4, 0.5) is 0 Å². The molecule has 1 amide bonds. The molecule has 5 heteroatoms. The van der Waals surface area contributed by atoms with Crippen LogP contribution in [0.15, 0.2) is 24.3 Å². The molecule has 0 spiro atoms. The zero-order valence-electron chi connectivity index (χ0n) is 15.4. The van der Waals surface area contributed by atoms with Crippen molar-refractivity contribution in [3.8, 4) is 11.4 Å². The highest BCUT2D eigenvalue weighted by Crippen LogP contribution is 2.26. The maximum atomic E-state index is 12.7. The van der Waals surface area contributed by atoms with Crippen LogP contribution >= 0.6 is 0 Å². The number of ether oxygens (including phenoxy) is 1. The molecule has 0 bridgehead atoms. The minimum absolute atomic E-state index is 0.0512. The first-order valence-electron chi connectivity index (χ1n) is 8.37. The molecule has 1 N–H and O–H groups in total. The number of hydrogen-bond acceptors (Lipinski definition) is 3. The van der Waals surface area contributed by atoms with Crippen molar-refractivity contribution in [2.24, 2.45) is 5.92 Å². The fraction of sp³-hybridized carbons (Fsp3) is 0.474. The summed E-state index contributed by atoms with van der Waals surface area (Å²) < 4.78 is 7.08. The van der Waals surface area contributed by atoms with Crippen LogP contribution in [0.2, 0.25) is 0 Å². The molecule has 0 aliphatic heterocycles. The van der Waals surface area contributed by atoms with Gasteiger partial charge in [-0.25, -0.2) is 4.68 Å². The van der Waals surface area contributed by atoms with Crippen molar-refractivity contribution < 1.29 is 9.53 Å². The van der Waals surface area contributed by atoms with Crippen molar-refractivity contribution in [1.29, 1.82) is 0 Å². The molecule has 2 aromatic rings. The van der Waals surface area contributed by atoms with E-state index in [1.165, 1.54) is 0 Å². The smallest absolute Gasteiger partial charge is 0.255 e. The maximum Gasteiger partial charge on any atom is 0.255 e. The maximum absolute atomic E-state index is 12.7. The minimum Gasteiger partial charge on any atom is -0.497 e. The number of nitrogens with zero attached hydrogens (tertiary/aromatic N) is 2. The van der Waals surface area contributed by atoms with Gasteiger partial charge in [0.05, 0.1) is 29.7 Å². The van der Waals surface area contributed by atoms with Gasteiger partial charge in [0.2, 0.25) is 0 Å². The van der Waals surface area contributed by atoms with Gasteiger partial charge < -0.3 is 10.1 Å². The number of methoxy groups -OCH3 is 1. The van der Waals surface area contributed by atoms with E-state index in [1.54, 1.807) is 7.11 Å². The van der Waals surface area contributed by atoms with Gasteiger partial charge >= 0.3 is 0 Å². The number of aromatic nitrogens is 2. The number of aryl methyl sites for hydroxylation is 1. The number of amides is 1. The van der Waals surface area contributed by atoms with Gasteiger partial charge in [-0.05, 0) is 43.0 Å². The normalized spacial score (nSPS) is 11.2. The van der Waals surface area contributed by atoms with Gasteiger partial charge in [0.25, 0.3) is 5.91 Å². The molecule has 0 aliphatic rings. The van der Waals surface area contributed by atoms with Crippen LogP contribution in [0.1, 0.15) is 55.4 Å². The van der Waals surface area contributed by atoms with Gasteiger partial charge in [0.15, 0.2) is 0 Å². The Hall–Kier alpha value is -2.30.